The zero-order valence-corrected chi connectivity index (χ0v) is 12.4. The SMILES string of the molecule is O=[N+]([O-])c1cccnc1Nc1ccc(C2CC2)c2ccccc12. The molecular weight excluding hydrogens is 290 g/mol. The zero-order valence-electron chi connectivity index (χ0n) is 12.4. The van der Waals surface area contributed by atoms with Crippen LogP contribution in [0, 0.1) is 10.1 Å². The second kappa shape index (κ2) is 5.35. The van der Waals surface area contributed by atoms with Gasteiger partial charge in [0.1, 0.15) is 0 Å². The van der Waals surface area contributed by atoms with E-state index in [2.05, 4.69) is 22.4 Å². The first-order chi connectivity index (χ1) is 11.2. The van der Waals surface area contributed by atoms with E-state index in [1.165, 1.54) is 29.9 Å². The third-order valence-electron chi connectivity index (χ3n) is 4.21. The van der Waals surface area contributed by atoms with Gasteiger partial charge in [0, 0.05) is 23.3 Å². The van der Waals surface area contributed by atoms with Crippen LogP contribution in [0.4, 0.5) is 17.2 Å². The number of hydrogen-bond donors (Lipinski definition) is 1. The summed E-state index contributed by atoms with van der Waals surface area (Å²) in [6.07, 6.45) is 4.03. The van der Waals surface area contributed by atoms with Gasteiger partial charge in [-0.2, -0.15) is 0 Å². The summed E-state index contributed by atoms with van der Waals surface area (Å²) in [5, 5.41) is 16.6. The summed E-state index contributed by atoms with van der Waals surface area (Å²) < 4.78 is 0. The maximum Gasteiger partial charge on any atom is 0.311 e. The lowest BCUT2D eigenvalue weighted by atomic mass is 9.99. The van der Waals surface area contributed by atoms with Gasteiger partial charge in [0.15, 0.2) is 0 Å². The number of benzene rings is 2. The largest absolute Gasteiger partial charge is 0.334 e. The number of hydrogen-bond acceptors (Lipinski definition) is 4. The quantitative estimate of drug-likeness (QED) is 0.557. The van der Waals surface area contributed by atoms with Crippen molar-refractivity contribution in [3.63, 3.8) is 0 Å². The monoisotopic (exact) mass is 305 g/mol. The third kappa shape index (κ3) is 2.50. The highest BCUT2D eigenvalue weighted by Gasteiger charge is 2.25. The summed E-state index contributed by atoms with van der Waals surface area (Å²) >= 11 is 0. The van der Waals surface area contributed by atoms with Gasteiger partial charge < -0.3 is 5.32 Å². The molecule has 0 spiro atoms. The molecule has 1 aromatic heterocycles. The van der Waals surface area contributed by atoms with Gasteiger partial charge in [-0.05, 0) is 41.8 Å². The number of nitro groups is 1. The van der Waals surface area contributed by atoms with Crippen LogP contribution in [0.1, 0.15) is 24.3 Å². The van der Waals surface area contributed by atoms with E-state index in [1.807, 2.05) is 24.3 Å². The standard InChI is InChI=1S/C18H15N3O2/c22-21(23)17-6-3-11-19-18(17)20-16-10-9-13(12-7-8-12)14-4-1-2-5-15(14)16/h1-6,9-12H,7-8H2,(H,19,20). The summed E-state index contributed by atoms with van der Waals surface area (Å²) in [5.74, 6) is 0.917. The van der Waals surface area contributed by atoms with Crippen molar-refractivity contribution in [1.82, 2.24) is 4.98 Å². The summed E-state index contributed by atoms with van der Waals surface area (Å²) in [4.78, 5) is 14.9. The van der Waals surface area contributed by atoms with E-state index in [0.29, 0.717) is 5.92 Å². The van der Waals surface area contributed by atoms with Crippen LogP contribution in [0.2, 0.25) is 0 Å². The molecule has 0 radical (unpaired) electrons. The molecule has 1 aliphatic carbocycles. The highest BCUT2D eigenvalue weighted by molar-refractivity contribution is 5.98. The first-order valence-corrected chi connectivity index (χ1v) is 7.62. The van der Waals surface area contributed by atoms with Crippen molar-refractivity contribution < 1.29 is 4.92 Å². The molecule has 0 bridgehead atoms. The Labute approximate surface area is 133 Å². The van der Waals surface area contributed by atoms with Crippen molar-refractivity contribution in [2.24, 2.45) is 0 Å². The van der Waals surface area contributed by atoms with Gasteiger partial charge in [-0.1, -0.05) is 30.3 Å². The minimum absolute atomic E-state index is 0.0251. The molecular formula is C18H15N3O2. The number of pyridine rings is 1. The second-order valence-electron chi connectivity index (χ2n) is 5.78. The Morgan fingerprint density at radius 1 is 1.04 bits per heavy atom. The minimum Gasteiger partial charge on any atom is -0.334 e. The van der Waals surface area contributed by atoms with Crippen molar-refractivity contribution in [3.8, 4) is 0 Å². The third-order valence-corrected chi connectivity index (χ3v) is 4.21. The van der Waals surface area contributed by atoms with Crippen molar-refractivity contribution in [2.45, 2.75) is 18.8 Å². The number of aromatic nitrogens is 1. The zero-order chi connectivity index (χ0) is 15.8. The molecule has 1 N–H and O–H groups in total. The van der Waals surface area contributed by atoms with Crippen LogP contribution in [-0.2, 0) is 0 Å². The smallest absolute Gasteiger partial charge is 0.311 e. The van der Waals surface area contributed by atoms with E-state index in [-0.39, 0.29) is 11.5 Å². The summed E-state index contributed by atoms with van der Waals surface area (Å²) in [6.45, 7) is 0. The topological polar surface area (TPSA) is 68.1 Å². The summed E-state index contributed by atoms with van der Waals surface area (Å²) in [7, 11) is 0. The molecule has 23 heavy (non-hydrogen) atoms. The summed E-state index contributed by atoms with van der Waals surface area (Å²) in [6, 6.07) is 15.3. The van der Waals surface area contributed by atoms with Crippen LogP contribution in [0.5, 0.6) is 0 Å². The lowest BCUT2D eigenvalue weighted by Crippen LogP contribution is -2.00. The first-order valence-electron chi connectivity index (χ1n) is 7.62. The molecule has 5 nitrogen and oxygen atoms in total. The predicted octanol–water partition coefficient (Wildman–Crippen LogP) is 4.76. The average Bonchev–Trinajstić information content (AvgIpc) is 3.40. The molecule has 0 saturated heterocycles. The van der Waals surface area contributed by atoms with Crippen molar-refractivity contribution in [1.29, 1.82) is 0 Å². The van der Waals surface area contributed by atoms with Crippen LogP contribution in [0.15, 0.2) is 54.7 Å². The fourth-order valence-electron chi connectivity index (χ4n) is 2.95. The van der Waals surface area contributed by atoms with Crippen LogP contribution in [0.3, 0.4) is 0 Å². The molecule has 0 amide bonds. The minimum atomic E-state index is -0.421. The Bertz CT molecular complexity index is 904. The Balaban J connectivity index is 1.81. The van der Waals surface area contributed by atoms with Gasteiger partial charge in [0.05, 0.1) is 4.92 Å². The van der Waals surface area contributed by atoms with E-state index in [4.69, 9.17) is 0 Å². The lowest BCUT2D eigenvalue weighted by molar-refractivity contribution is -0.384. The van der Waals surface area contributed by atoms with E-state index in [0.717, 1.165) is 11.1 Å². The molecule has 4 rings (SSSR count). The van der Waals surface area contributed by atoms with E-state index >= 15 is 0 Å². The fraction of sp³-hybridized carbons (Fsp3) is 0.167. The number of rotatable bonds is 4. The van der Waals surface area contributed by atoms with Gasteiger partial charge in [-0.25, -0.2) is 4.98 Å². The van der Waals surface area contributed by atoms with E-state index < -0.39 is 4.92 Å². The van der Waals surface area contributed by atoms with Gasteiger partial charge in [-0.3, -0.25) is 10.1 Å². The number of anilines is 2. The predicted molar refractivity (Wildman–Crippen MR) is 90.1 cm³/mol. The molecule has 0 aliphatic heterocycles. The van der Waals surface area contributed by atoms with Crippen LogP contribution >= 0.6 is 0 Å². The van der Waals surface area contributed by atoms with E-state index in [1.54, 1.807) is 12.3 Å². The van der Waals surface area contributed by atoms with Gasteiger partial charge in [0.2, 0.25) is 5.82 Å². The first kappa shape index (κ1) is 13.7. The molecule has 1 fully saturated rings. The Hall–Kier alpha value is -2.95. The van der Waals surface area contributed by atoms with Gasteiger partial charge in [0.25, 0.3) is 0 Å². The maximum atomic E-state index is 11.2. The molecule has 3 aromatic rings. The second-order valence-corrected chi connectivity index (χ2v) is 5.78. The molecule has 5 heteroatoms. The normalized spacial score (nSPS) is 13.9. The van der Waals surface area contributed by atoms with E-state index in [9.17, 15) is 10.1 Å². The van der Waals surface area contributed by atoms with Crippen molar-refractivity contribution >= 4 is 28.0 Å². The average molecular weight is 305 g/mol. The van der Waals surface area contributed by atoms with Crippen LogP contribution in [0.25, 0.3) is 10.8 Å². The fourth-order valence-corrected chi connectivity index (χ4v) is 2.95. The number of nitrogens with zero attached hydrogens (tertiary/aromatic N) is 2. The summed E-state index contributed by atoms with van der Waals surface area (Å²) in [5.41, 5.74) is 2.18. The van der Waals surface area contributed by atoms with Crippen molar-refractivity contribution in [2.75, 3.05) is 5.32 Å². The molecule has 0 atom stereocenters. The molecule has 1 heterocycles. The molecule has 1 saturated carbocycles. The number of nitrogens with one attached hydrogen (secondary N) is 1. The van der Waals surface area contributed by atoms with Crippen molar-refractivity contribution in [3.05, 3.63) is 70.4 Å². The number of fused-ring (bicyclic) bond motifs is 1. The van der Waals surface area contributed by atoms with Crippen LogP contribution < -0.4 is 5.32 Å². The lowest BCUT2D eigenvalue weighted by Gasteiger charge is -2.12. The molecule has 2 aromatic carbocycles. The molecule has 1 aliphatic rings. The van der Waals surface area contributed by atoms with Gasteiger partial charge in [-0.15, -0.1) is 0 Å². The Kier molecular flexibility index (Phi) is 3.19. The Morgan fingerprint density at radius 3 is 2.57 bits per heavy atom. The Morgan fingerprint density at radius 2 is 1.83 bits per heavy atom. The van der Waals surface area contributed by atoms with Crippen LogP contribution in [-0.4, -0.2) is 9.91 Å². The highest BCUT2D eigenvalue weighted by Crippen LogP contribution is 2.44. The molecule has 114 valence electrons. The highest BCUT2D eigenvalue weighted by atomic mass is 16.6. The maximum absolute atomic E-state index is 11.2. The van der Waals surface area contributed by atoms with Gasteiger partial charge >= 0.3 is 5.69 Å². The molecule has 0 unspecified atom stereocenters.